The van der Waals surface area contributed by atoms with Gasteiger partial charge >= 0.3 is 0 Å². The highest BCUT2D eigenvalue weighted by Gasteiger charge is 2.51. The zero-order valence-electron chi connectivity index (χ0n) is 30.2. The Morgan fingerprint density at radius 1 is 0.453 bits per heavy atom. The molecule has 0 aromatic heterocycles. The molecular weight excluding hydrogens is 659 g/mol. The van der Waals surface area contributed by atoms with Gasteiger partial charge in [0, 0.05) is 6.54 Å². The maximum absolute atomic E-state index is 7.02. The molecule has 0 aliphatic carbocycles. The van der Waals surface area contributed by atoms with Crippen LogP contribution >= 0.6 is 0 Å². The van der Waals surface area contributed by atoms with Crippen LogP contribution in [0.2, 0.25) is 0 Å². The molecule has 6 nitrogen and oxygen atoms in total. The zero-order chi connectivity index (χ0) is 36.1. The Balaban J connectivity index is 1.24. The average Bonchev–Trinajstić information content (AvgIpc) is 3.51. The maximum atomic E-state index is 7.02. The molecule has 0 unspecified atom stereocenters. The van der Waals surface area contributed by atoms with E-state index in [9.17, 15) is 0 Å². The van der Waals surface area contributed by atoms with Gasteiger partial charge in [-0.25, -0.2) is 0 Å². The summed E-state index contributed by atoms with van der Waals surface area (Å²) in [6.07, 6.45) is -0.606. The van der Waals surface area contributed by atoms with Crippen LogP contribution in [0.25, 0.3) is 0 Å². The first kappa shape index (κ1) is 36.1. The second kappa shape index (κ2) is 18.5. The van der Waals surface area contributed by atoms with Gasteiger partial charge in [0.05, 0.1) is 45.6 Å². The molecule has 1 aliphatic heterocycles. The van der Waals surface area contributed by atoms with Gasteiger partial charge in [-0.1, -0.05) is 146 Å². The molecule has 0 bridgehead atoms. The normalized spacial score (nSPS) is 18.5. The molecule has 270 valence electrons. The van der Waals surface area contributed by atoms with Crippen molar-refractivity contribution in [2.45, 2.75) is 57.3 Å². The highest BCUT2D eigenvalue weighted by Crippen LogP contribution is 2.43. The number of hydrogen-bond donors (Lipinski definition) is 0. The van der Waals surface area contributed by atoms with Gasteiger partial charge in [0.25, 0.3) is 0 Å². The van der Waals surface area contributed by atoms with Gasteiger partial charge < -0.3 is 23.7 Å². The molecule has 53 heavy (non-hydrogen) atoms. The van der Waals surface area contributed by atoms with Crippen LogP contribution in [0.4, 0.5) is 0 Å². The number of rotatable bonds is 17. The van der Waals surface area contributed by atoms with Gasteiger partial charge in [0.1, 0.15) is 30.3 Å². The first-order valence-electron chi connectivity index (χ1n) is 18.3. The summed E-state index contributed by atoms with van der Waals surface area (Å²) in [6, 6.07) is 57.8. The minimum atomic E-state index is -0.307. The Labute approximate surface area is 313 Å². The van der Waals surface area contributed by atoms with Crippen molar-refractivity contribution >= 4 is 0 Å². The molecule has 0 spiro atoms. The maximum Gasteiger partial charge on any atom is 0.119 e. The van der Waals surface area contributed by atoms with Gasteiger partial charge in [0.2, 0.25) is 0 Å². The van der Waals surface area contributed by atoms with E-state index in [1.165, 1.54) is 0 Å². The fourth-order valence-corrected chi connectivity index (χ4v) is 7.01. The molecule has 0 amide bonds. The Morgan fingerprint density at radius 2 is 0.925 bits per heavy atom. The Hall–Kier alpha value is -5.24. The first-order valence-corrected chi connectivity index (χ1v) is 18.3. The van der Waals surface area contributed by atoms with Gasteiger partial charge in [-0.15, -0.1) is 0 Å². The van der Waals surface area contributed by atoms with Crippen LogP contribution < -0.4 is 9.47 Å². The summed E-state index contributed by atoms with van der Waals surface area (Å²) >= 11 is 0. The first-order chi connectivity index (χ1) is 26.2. The number of ether oxygens (including phenoxy) is 5. The predicted octanol–water partition coefficient (Wildman–Crippen LogP) is 9.59. The lowest BCUT2D eigenvalue weighted by atomic mass is 9.99. The lowest BCUT2D eigenvalue weighted by Gasteiger charge is -2.32. The van der Waals surface area contributed by atoms with E-state index < -0.39 is 0 Å². The summed E-state index contributed by atoms with van der Waals surface area (Å²) in [5, 5.41) is 0. The Kier molecular flexibility index (Phi) is 12.6. The third kappa shape index (κ3) is 9.80. The van der Waals surface area contributed by atoms with Crippen molar-refractivity contribution in [2.24, 2.45) is 0 Å². The Morgan fingerprint density at radius 3 is 1.45 bits per heavy atom. The summed E-state index contributed by atoms with van der Waals surface area (Å²) < 4.78 is 32.3. The molecule has 7 rings (SSSR count). The Bertz CT molecular complexity index is 1920. The van der Waals surface area contributed by atoms with E-state index in [0.717, 1.165) is 44.9 Å². The predicted molar refractivity (Wildman–Crippen MR) is 208 cm³/mol. The second-order valence-electron chi connectivity index (χ2n) is 13.4. The van der Waals surface area contributed by atoms with E-state index in [2.05, 4.69) is 114 Å². The number of likely N-dealkylation sites (tertiary alicyclic amines) is 1. The highest BCUT2D eigenvalue weighted by atomic mass is 16.5. The molecule has 6 aromatic carbocycles. The topological polar surface area (TPSA) is 49.4 Å². The van der Waals surface area contributed by atoms with Crippen molar-refractivity contribution in [1.29, 1.82) is 0 Å². The third-order valence-corrected chi connectivity index (χ3v) is 9.76. The van der Waals surface area contributed by atoms with Crippen molar-refractivity contribution in [3.05, 3.63) is 203 Å². The van der Waals surface area contributed by atoms with Crippen LogP contribution in [0, 0.1) is 0 Å². The molecule has 0 radical (unpaired) electrons. The second-order valence-corrected chi connectivity index (χ2v) is 13.4. The lowest BCUT2D eigenvalue weighted by molar-refractivity contribution is -0.0868. The summed E-state index contributed by atoms with van der Waals surface area (Å²) in [6.45, 7) is 3.06. The van der Waals surface area contributed by atoms with Gasteiger partial charge in [-0.2, -0.15) is 0 Å². The van der Waals surface area contributed by atoms with Gasteiger partial charge in [-0.05, 0) is 57.6 Å². The molecule has 4 atom stereocenters. The molecule has 0 N–H and O–H groups in total. The molecule has 6 aromatic rings. The minimum Gasteiger partial charge on any atom is -0.497 e. The monoisotopic (exact) mass is 705 g/mol. The fraction of sp³-hybridized carbons (Fsp3) is 0.234. The smallest absolute Gasteiger partial charge is 0.119 e. The van der Waals surface area contributed by atoms with E-state index in [0.29, 0.717) is 39.6 Å². The van der Waals surface area contributed by atoms with Crippen LogP contribution in [0.1, 0.15) is 39.4 Å². The lowest BCUT2D eigenvalue weighted by Crippen LogP contribution is -2.41. The molecule has 1 fully saturated rings. The SMILES string of the molecule is COc1ccc(CN2[C@H](COCc3ccccc3)[C@@H](OCc3ccccc3)[C@H](OCc3ccccc3)[C@@H]2c2ccc(OCc3ccccc3)cc2)cc1. The third-order valence-electron chi connectivity index (χ3n) is 9.76. The van der Waals surface area contributed by atoms with Crippen LogP contribution in [0.3, 0.4) is 0 Å². The van der Waals surface area contributed by atoms with Crippen LogP contribution in [0.5, 0.6) is 11.5 Å². The van der Waals surface area contributed by atoms with Crippen molar-refractivity contribution in [1.82, 2.24) is 4.90 Å². The molecule has 1 heterocycles. The molecule has 0 saturated carbocycles. The van der Waals surface area contributed by atoms with Crippen LogP contribution in [-0.4, -0.2) is 36.9 Å². The molecule has 6 heteroatoms. The highest BCUT2D eigenvalue weighted by molar-refractivity contribution is 5.33. The number of benzene rings is 6. The van der Waals surface area contributed by atoms with Gasteiger partial charge in [-0.3, -0.25) is 4.90 Å². The number of hydrogen-bond acceptors (Lipinski definition) is 6. The minimum absolute atomic E-state index is 0.121. The fourth-order valence-electron chi connectivity index (χ4n) is 7.01. The largest absolute Gasteiger partial charge is 0.497 e. The summed E-state index contributed by atoms with van der Waals surface area (Å²) in [4.78, 5) is 2.51. The van der Waals surface area contributed by atoms with E-state index in [1.807, 2.05) is 60.7 Å². The van der Waals surface area contributed by atoms with Crippen LogP contribution in [0.15, 0.2) is 170 Å². The summed E-state index contributed by atoms with van der Waals surface area (Å²) in [5.41, 5.74) is 6.78. The van der Waals surface area contributed by atoms with Gasteiger partial charge in [0.15, 0.2) is 0 Å². The molecule has 1 saturated heterocycles. The van der Waals surface area contributed by atoms with Crippen molar-refractivity contribution in [2.75, 3.05) is 13.7 Å². The van der Waals surface area contributed by atoms with Crippen LogP contribution in [-0.2, 0) is 47.2 Å². The molecular formula is C47H47NO5. The van der Waals surface area contributed by atoms with Crippen molar-refractivity contribution < 1.29 is 23.7 Å². The number of methoxy groups -OCH3 is 1. The van der Waals surface area contributed by atoms with E-state index in [4.69, 9.17) is 23.7 Å². The van der Waals surface area contributed by atoms with Crippen molar-refractivity contribution in [3.8, 4) is 11.5 Å². The zero-order valence-corrected chi connectivity index (χ0v) is 30.2. The average molecular weight is 706 g/mol. The summed E-state index contributed by atoms with van der Waals surface area (Å²) in [5.74, 6) is 1.65. The van der Waals surface area contributed by atoms with E-state index in [-0.39, 0.29) is 24.3 Å². The standard InChI is InChI=1S/C47H47NO5/c1-49-42-26-22-36(23-27-42)30-48-44(35-50-31-37-14-6-2-7-15-37)46(52-33-39-18-10-4-11-19-39)47(53-34-40-20-12-5-13-21-40)45(48)41-24-28-43(29-25-41)51-32-38-16-8-3-9-17-38/h2-29,44-47H,30-35H2,1H3/t44-,45+,46-,47-/m1/s1. The molecule has 1 aliphatic rings. The van der Waals surface area contributed by atoms with E-state index >= 15 is 0 Å². The quantitative estimate of drug-likeness (QED) is 0.0943. The number of nitrogens with zero attached hydrogens (tertiary/aromatic N) is 1. The summed E-state index contributed by atoms with van der Waals surface area (Å²) in [7, 11) is 1.70. The van der Waals surface area contributed by atoms with Crippen molar-refractivity contribution in [3.63, 3.8) is 0 Å². The van der Waals surface area contributed by atoms with E-state index in [1.54, 1.807) is 7.11 Å².